The highest BCUT2D eigenvalue weighted by Gasteiger charge is 2.09. The lowest BCUT2D eigenvalue weighted by Crippen LogP contribution is -1.95. The van der Waals surface area contributed by atoms with Crippen molar-refractivity contribution in [2.45, 2.75) is 0 Å². The third-order valence-electron chi connectivity index (χ3n) is 3.65. The molecule has 0 fully saturated rings. The number of fused-ring (bicyclic) bond motifs is 2. The van der Waals surface area contributed by atoms with Crippen LogP contribution in [0.3, 0.4) is 0 Å². The van der Waals surface area contributed by atoms with Crippen LogP contribution in [0.1, 0.15) is 0 Å². The van der Waals surface area contributed by atoms with E-state index in [1.165, 1.54) is 14.3 Å². The van der Waals surface area contributed by atoms with Crippen LogP contribution < -0.4 is 0 Å². The van der Waals surface area contributed by atoms with Crippen LogP contribution >= 0.6 is 34.8 Å². The van der Waals surface area contributed by atoms with Crippen LogP contribution in [0.2, 0.25) is 0 Å². The van der Waals surface area contributed by atoms with Crippen molar-refractivity contribution in [3.05, 3.63) is 69.0 Å². The van der Waals surface area contributed by atoms with E-state index < -0.39 is 0 Å². The lowest BCUT2D eigenvalue weighted by Gasteiger charge is -2.09. The van der Waals surface area contributed by atoms with Crippen molar-refractivity contribution in [1.29, 1.82) is 0 Å². The summed E-state index contributed by atoms with van der Waals surface area (Å²) in [6.07, 6.45) is 0. The summed E-state index contributed by atoms with van der Waals surface area (Å²) in [6, 6.07) is 21.0. The third-order valence-corrected chi connectivity index (χ3v) is 4.61. The zero-order chi connectivity index (χ0) is 14.4. The predicted molar refractivity (Wildman–Crippen MR) is 98.7 cm³/mol. The van der Waals surface area contributed by atoms with Crippen molar-refractivity contribution < 1.29 is 0 Å². The second-order valence-corrected chi connectivity index (χ2v) is 6.56. The second-order valence-electron chi connectivity index (χ2n) is 4.93. The SMILES string of the molecule is S=c1[nH]c2cc(I)ccc2n1-c1cccc2ccccc12. The molecule has 21 heavy (non-hydrogen) atoms. The molecule has 0 saturated carbocycles. The Bertz CT molecular complexity index is 1020. The summed E-state index contributed by atoms with van der Waals surface area (Å²) in [4.78, 5) is 3.30. The van der Waals surface area contributed by atoms with Gasteiger partial charge in [0.1, 0.15) is 0 Å². The van der Waals surface area contributed by atoms with Crippen molar-refractivity contribution in [3.63, 3.8) is 0 Å². The van der Waals surface area contributed by atoms with Crippen molar-refractivity contribution in [3.8, 4) is 5.69 Å². The molecule has 0 atom stereocenters. The Morgan fingerprint density at radius 1 is 0.952 bits per heavy atom. The van der Waals surface area contributed by atoms with E-state index in [1.54, 1.807) is 0 Å². The minimum Gasteiger partial charge on any atom is -0.330 e. The first kappa shape index (κ1) is 13.0. The van der Waals surface area contributed by atoms with E-state index in [-0.39, 0.29) is 0 Å². The molecule has 0 radical (unpaired) electrons. The van der Waals surface area contributed by atoms with Crippen molar-refractivity contribution in [2.75, 3.05) is 0 Å². The van der Waals surface area contributed by atoms with Gasteiger partial charge in [-0.3, -0.25) is 4.57 Å². The molecule has 0 saturated heterocycles. The van der Waals surface area contributed by atoms with Crippen molar-refractivity contribution >= 4 is 56.6 Å². The number of H-pyrrole nitrogens is 1. The van der Waals surface area contributed by atoms with Gasteiger partial charge in [-0.25, -0.2) is 0 Å². The minimum atomic E-state index is 0.725. The van der Waals surface area contributed by atoms with Gasteiger partial charge in [0.15, 0.2) is 4.77 Å². The quantitative estimate of drug-likeness (QED) is 0.332. The van der Waals surface area contributed by atoms with Crippen LogP contribution in [-0.4, -0.2) is 9.55 Å². The van der Waals surface area contributed by atoms with Gasteiger partial charge >= 0.3 is 0 Å². The van der Waals surface area contributed by atoms with E-state index in [0.29, 0.717) is 0 Å². The average Bonchev–Trinajstić information content (AvgIpc) is 2.81. The maximum Gasteiger partial charge on any atom is 0.182 e. The molecule has 0 aliphatic heterocycles. The molecule has 1 heterocycles. The highest BCUT2D eigenvalue weighted by Crippen LogP contribution is 2.27. The number of halogens is 1. The Hall–Kier alpha value is -1.66. The number of aromatic nitrogens is 2. The van der Waals surface area contributed by atoms with Gasteiger partial charge in [-0.1, -0.05) is 36.4 Å². The smallest absolute Gasteiger partial charge is 0.182 e. The Morgan fingerprint density at radius 3 is 2.67 bits per heavy atom. The number of nitrogens with one attached hydrogen (secondary N) is 1. The fraction of sp³-hybridized carbons (Fsp3) is 0. The fourth-order valence-electron chi connectivity index (χ4n) is 2.73. The summed E-state index contributed by atoms with van der Waals surface area (Å²) in [5.74, 6) is 0. The number of hydrogen-bond donors (Lipinski definition) is 1. The third kappa shape index (κ3) is 2.10. The van der Waals surface area contributed by atoms with Crippen molar-refractivity contribution in [1.82, 2.24) is 9.55 Å². The Kier molecular flexibility index (Phi) is 3.08. The molecule has 4 rings (SSSR count). The van der Waals surface area contributed by atoms with Crippen LogP contribution in [0.5, 0.6) is 0 Å². The molecule has 4 heteroatoms. The van der Waals surface area contributed by atoms with Crippen LogP contribution in [-0.2, 0) is 0 Å². The number of imidazole rings is 1. The monoisotopic (exact) mass is 402 g/mol. The summed E-state index contributed by atoms with van der Waals surface area (Å²) in [5.41, 5.74) is 3.29. The van der Waals surface area contributed by atoms with Crippen molar-refractivity contribution in [2.24, 2.45) is 0 Å². The molecule has 0 unspecified atom stereocenters. The number of benzene rings is 3. The summed E-state index contributed by atoms with van der Waals surface area (Å²) < 4.78 is 4.04. The molecule has 1 aromatic heterocycles. The summed E-state index contributed by atoms with van der Waals surface area (Å²) in [5, 5.41) is 2.42. The summed E-state index contributed by atoms with van der Waals surface area (Å²) in [6.45, 7) is 0. The molecular formula is C17H11IN2S. The average molecular weight is 402 g/mol. The molecule has 0 spiro atoms. The molecule has 102 valence electrons. The largest absolute Gasteiger partial charge is 0.330 e. The van der Waals surface area contributed by atoms with E-state index in [0.717, 1.165) is 21.5 Å². The topological polar surface area (TPSA) is 20.7 Å². The molecular weight excluding hydrogens is 391 g/mol. The van der Waals surface area contributed by atoms with Crippen LogP contribution in [0.4, 0.5) is 0 Å². The van der Waals surface area contributed by atoms with Gasteiger partial charge in [-0.2, -0.15) is 0 Å². The molecule has 3 aromatic carbocycles. The highest BCUT2D eigenvalue weighted by molar-refractivity contribution is 14.1. The number of rotatable bonds is 1. The van der Waals surface area contributed by atoms with Gasteiger partial charge in [-0.05, 0) is 64.5 Å². The lowest BCUT2D eigenvalue weighted by molar-refractivity contribution is 1.08. The summed E-state index contributed by atoms with van der Waals surface area (Å²) >= 11 is 7.86. The number of aromatic amines is 1. The minimum absolute atomic E-state index is 0.725. The van der Waals surface area contributed by atoms with Gasteiger partial charge in [0.25, 0.3) is 0 Å². The number of nitrogens with zero attached hydrogens (tertiary/aromatic N) is 1. The first-order valence-electron chi connectivity index (χ1n) is 6.62. The normalized spacial score (nSPS) is 11.3. The Morgan fingerprint density at radius 2 is 1.76 bits per heavy atom. The molecule has 0 bridgehead atoms. The van der Waals surface area contributed by atoms with Crippen LogP contribution in [0.15, 0.2) is 60.7 Å². The van der Waals surface area contributed by atoms with E-state index in [4.69, 9.17) is 12.2 Å². The highest BCUT2D eigenvalue weighted by atomic mass is 127. The summed E-state index contributed by atoms with van der Waals surface area (Å²) in [7, 11) is 0. The van der Waals surface area contributed by atoms with Gasteiger partial charge in [-0.15, -0.1) is 0 Å². The van der Waals surface area contributed by atoms with E-state index in [2.05, 4.69) is 92.8 Å². The second kappa shape index (κ2) is 4.96. The first-order chi connectivity index (χ1) is 10.2. The van der Waals surface area contributed by atoms with Crippen LogP contribution in [0.25, 0.3) is 27.5 Å². The fourth-order valence-corrected chi connectivity index (χ4v) is 3.52. The maximum atomic E-state index is 5.55. The maximum absolute atomic E-state index is 5.55. The number of hydrogen-bond acceptors (Lipinski definition) is 1. The zero-order valence-corrected chi connectivity index (χ0v) is 14.0. The van der Waals surface area contributed by atoms with Gasteiger partial charge in [0, 0.05) is 8.96 Å². The lowest BCUT2D eigenvalue weighted by atomic mass is 10.1. The molecule has 0 aliphatic rings. The predicted octanol–water partition coefficient (Wildman–Crippen LogP) is 5.45. The standard InChI is InChI=1S/C17H11IN2S/c18-12-8-9-16-14(10-12)19-17(21)20(16)15-7-3-5-11-4-1-2-6-13(11)15/h1-10H,(H,19,21). The van der Waals surface area contributed by atoms with Crippen LogP contribution in [0, 0.1) is 8.34 Å². The van der Waals surface area contributed by atoms with E-state index in [1.807, 2.05) is 0 Å². The van der Waals surface area contributed by atoms with E-state index >= 15 is 0 Å². The molecule has 0 aliphatic carbocycles. The van der Waals surface area contributed by atoms with Gasteiger partial charge in [0.05, 0.1) is 16.7 Å². The van der Waals surface area contributed by atoms with Gasteiger partial charge < -0.3 is 4.98 Å². The first-order valence-corrected chi connectivity index (χ1v) is 8.11. The van der Waals surface area contributed by atoms with E-state index in [9.17, 15) is 0 Å². The molecule has 2 nitrogen and oxygen atoms in total. The molecule has 0 amide bonds. The molecule has 4 aromatic rings. The Balaban J connectivity index is 2.14. The zero-order valence-electron chi connectivity index (χ0n) is 11.0. The molecule has 1 N–H and O–H groups in total. The van der Waals surface area contributed by atoms with Gasteiger partial charge in [0.2, 0.25) is 0 Å². The Labute approximate surface area is 140 Å².